The standard InChI is InChI=1S/C15H24N2S/c1-2-18-12-6-9-16-14-7-5-8-15(13-14)17-10-3-4-11-17/h5,7-8,13,16H,2-4,6,9-12H2,1H3. The van der Waals surface area contributed by atoms with Gasteiger partial charge in [0.2, 0.25) is 0 Å². The van der Waals surface area contributed by atoms with Gasteiger partial charge >= 0.3 is 0 Å². The van der Waals surface area contributed by atoms with Gasteiger partial charge in [0, 0.05) is 31.0 Å². The van der Waals surface area contributed by atoms with Crippen molar-refractivity contribution in [1.82, 2.24) is 0 Å². The molecule has 0 atom stereocenters. The average Bonchev–Trinajstić information content (AvgIpc) is 2.93. The van der Waals surface area contributed by atoms with E-state index in [1.165, 1.54) is 55.2 Å². The van der Waals surface area contributed by atoms with E-state index in [1.807, 2.05) is 11.8 Å². The van der Waals surface area contributed by atoms with Crippen molar-refractivity contribution in [3.63, 3.8) is 0 Å². The Balaban J connectivity index is 1.79. The topological polar surface area (TPSA) is 15.3 Å². The van der Waals surface area contributed by atoms with Crippen LogP contribution in [0.3, 0.4) is 0 Å². The van der Waals surface area contributed by atoms with Gasteiger partial charge in [0.05, 0.1) is 0 Å². The quantitative estimate of drug-likeness (QED) is 0.753. The van der Waals surface area contributed by atoms with Crippen LogP contribution in [0.2, 0.25) is 0 Å². The lowest BCUT2D eigenvalue weighted by Gasteiger charge is -2.18. The number of hydrogen-bond donors (Lipinski definition) is 1. The van der Waals surface area contributed by atoms with Gasteiger partial charge in [-0.3, -0.25) is 0 Å². The monoisotopic (exact) mass is 264 g/mol. The molecule has 100 valence electrons. The molecule has 0 spiro atoms. The van der Waals surface area contributed by atoms with Gasteiger partial charge in [-0.1, -0.05) is 13.0 Å². The third kappa shape index (κ3) is 4.13. The number of hydrogen-bond acceptors (Lipinski definition) is 3. The molecule has 0 aliphatic carbocycles. The first-order chi connectivity index (χ1) is 8.90. The Hall–Kier alpha value is -0.830. The molecule has 1 aromatic carbocycles. The van der Waals surface area contributed by atoms with Crippen LogP contribution >= 0.6 is 11.8 Å². The van der Waals surface area contributed by atoms with Crippen molar-refractivity contribution in [3.8, 4) is 0 Å². The highest BCUT2D eigenvalue weighted by Gasteiger charge is 2.11. The highest BCUT2D eigenvalue weighted by Crippen LogP contribution is 2.23. The molecule has 0 radical (unpaired) electrons. The minimum Gasteiger partial charge on any atom is -0.385 e. The van der Waals surface area contributed by atoms with E-state index in [4.69, 9.17) is 0 Å². The molecule has 2 rings (SSSR count). The maximum Gasteiger partial charge on any atom is 0.0386 e. The predicted octanol–water partition coefficient (Wildman–Crippen LogP) is 3.84. The summed E-state index contributed by atoms with van der Waals surface area (Å²) in [4.78, 5) is 2.48. The summed E-state index contributed by atoms with van der Waals surface area (Å²) in [5.41, 5.74) is 2.64. The van der Waals surface area contributed by atoms with E-state index in [0.717, 1.165) is 6.54 Å². The largest absolute Gasteiger partial charge is 0.385 e. The molecule has 18 heavy (non-hydrogen) atoms. The first kappa shape index (κ1) is 13.6. The molecule has 1 aromatic rings. The van der Waals surface area contributed by atoms with Crippen molar-refractivity contribution in [2.24, 2.45) is 0 Å². The van der Waals surface area contributed by atoms with Gasteiger partial charge in [-0.15, -0.1) is 0 Å². The molecule has 0 saturated carbocycles. The van der Waals surface area contributed by atoms with Gasteiger partial charge in [-0.2, -0.15) is 11.8 Å². The van der Waals surface area contributed by atoms with Crippen molar-refractivity contribution in [2.75, 3.05) is 41.4 Å². The molecule has 1 saturated heterocycles. The van der Waals surface area contributed by atoms with Crippen LogP contribution in [-0.4, -0.2) is 31.1 Å². The van der Waals surface area contributed by atoms with Gasteiger partial charge in [0.25, 0.3) is 0 Å². The van der Waals surface area contributed by atoms with Crippen LogP contribution in [0.25, 0.3) is 0 Å². The number of anilines is 2. The fourth-order valence-electron chi connectivity index (χ4n) is 2.34. The van der Waals surface area contributed by atoms with E-state index in [9.17, 15) is 0 Å². The molecule has 2 nitrogen and oxygen atoms in total. The molecular weight excluding hydrogens is 240 g/mol. The molecule has 1 aliphatic rings. The Bertz CT molecular complexity index is 348. The third-order valence-electron chi connectivity index (χ3n) is 3.32. The summed E-state index contributed by atoms with van der Waals surface area (Å²) in [5, 5.41) is 3.53. The van der Waals surface area contributed by atoms with E-state index in [0.29, 0.717) is 0 Å². The van der Waals surface area contributed by atoms with Crippen LogP contribution in [0.4, 0.5) is 11.4 Å². The van der Waals surface area contributed by atoms with Gasteiger partial charge in [-0.25, -0.2) is 0 Å². The summed E-state index contributed by atoms with van der Waals surface area (Å²) in [7, 11) is 0. The second kappa shape index (κ2) is 7.57. The molecule has 3 heteroatoms. The summed E-state index contributed by atoms with van der Waals surface area (Å²) >= 11 is 2.02. The maximum absolute atomic E-state index is 3.53. The number of nitrogens with one attached hydrogen (secondary N) is 1. The van der Waals surface area contributed by atoms with Crippen LogP contribution in [-0.2, 0) is 0 Å². The Kier molecular flexibility index (Phi) is 5.72. The predicted molar refractivity (Wildman–Crippen MR) is 84.0 cm³/mol. The minimum absolute atomic E-state index is 1.08. The summed E-state index contributed by atoms with van der Waals surface area (Å²) in [6, 6.07) is 8.85. The number of thioether (sulfide) groups is 1. The van der Waals surface area contributed by atoms with Crippen molar-refractivity contribution < 1.29 is 0 Å². The molecular formula is C15H24N2S. The molecule has 1 fully saturated rings. The fourth-order valence-corrected chi connectivity index (χ4v) is 2.98. The number of rotatable bonds is 7. The molecule has 0 unspecified atom stereocenters. The van der Waals surface area contributed by atoms with Crippen LogP contribution in [0.1, 0.15) is 26.2 Å². The molecule has 0 aromatic heterocycles. The average molecular weight is 264 g/mol. The minimum atomic E-state index is 1.08. The van der Waals surface area contributed by atoms with Crippen LogP contribution in [0, 0.1) is 0 Å². The highest BCUT2D eigenvalue weighted by atomic mass is 32.2. The van der Waals surface area contributed by atoms with Gasteiger partial charge in [0.15, 0.2) is 0 Å². The number of nitrogens with zero attached hydrogens (tertiary/aromatic N) is 1. The summed E-state index contributed by atoms with van der Waals surface area (Å²) in [6.07, 6.45) is 3.92. The van der Waals surface area contributed by atoms with Crippen molar-refractivity contribution in [3.05, 3.63) is 24.3 Å². The number of benzene rings is 1. The SMILES string of the molecule is CCSCCCNc1cccc(N2CCCC2)c1. The molecule has 0 amide bonds. The Morgan fingerprint density at radius 3 is 2.89 bits per heavy atom. The highest BCUT2D eigenvalue weighted by molar-refractivity contribution is 7.99. The lowest BCUT2D eigenvalue weighted by molar-refractivity contribution is 0.949. The van der Waals surface area contributed by atoms with E-state index in [2.05, 4.69) is 41.4 Å². The van der Waals surface area contributed by atoms with E-state index < -0.39 is 0 Å². The van der Waals surface area contributed by atoms with Crippen LogP contribution in [0.15, 0.2) is 24.3 Å². The Morgan fingerprint density at radius 1 is 1.28 bits per heavy atom. The van der Waals surface area contributed by atoms with Crippen LogP contribution < -0.4 is 10.2 Å². The third-order valence-corrected chi connectivity index (χ3v) is 4.30. The smallest absolute Gasteiger partial charge is 0.0386 e. The second-order valence-electron chi connectivity index (χ2n) is 4.72. The first-order valence-corrected chi connectivity index (χ1v) is 8.22. The fraction of sp³-hybridized carbons (Fsp3) is 0.600. The zero-order valence-corrected chi connectivity index (χ0v) is 12.1. The first-order valence-electron chi connectivity index (χ1n) is 7.07. The van der Waals surface area contributed by atoms with Crippen molar-refractivity contribution >= 4 is 23.1 Å². The van der Waals surface area contributed by atoms with Crippen LogP contribution in [0.5, 0.6) is 0 Å². The Morgan fingerprint density at radius 2 is 2.11 bits per heavy atom. The summed E-state index contributed by atoms with van der Waals surface area (Å²) < 4.78 is 0. The molecule has 0 bridgehead atoms. The van der Waals surface area contributed by atoms with Gasteiger partial charge in [0.1, 0.15) is 0 Å². The zero-order valence-electron chi connectivity index (χ0n) is 11.3. The maximum atomic E-state index is 3.53. The Labute approximate surface area is 115 Å². The van der Waals surface area contributed by atoms with Crippen molar-refractivity contribution in [2.45, 2.75) is 26.2 Å². The second-order valence-corrected chi connectivity index (χ2v) is 6.12. The van der Waals surface area contributed by atoms with E-state index in [1.54, 1.807) is 0 Å². The normalized spacial score (nSPS) is 15.1. The van der Waals surface area contributed by atoms with Crippen molar-refractivity contribution in [1.29, 1.82) is 0 Å². The zero-order chi connectivity index (χ0) is 12.6. The summed E-state index contributed by atoms with van der Waals surface area (Å²) in [6.45, 7) is 5.74. The van der Waals surface area contributed by atoms with E-state index >= 15 is 0 Å². The van der Waals surface area contributed by atoms with Gasteiger partial charge in [-0.05, 0) is 49.0 Å². The molecule has 1 heterocycles. The molecule has 1 N–H and O–H groups in total. The summed E-state index contributed by atoms with van der Waals surface area (Å²) in [5.74, 6) is 2.49. The molecule has 1 aliphatic heterocycles. The lowest BCUT2D eigenvalue weighted by atomic mass is 10.2. The van der Waals surface area contributed by atoms with Gasteiger partial charge < -0.3 is 10.2 Å². The lowest BCUT2D eigenvalue weighted by Crippen LogP contribution is -2.17. The van der Waals surface area contributed by atoms with E-state index in [-0.39, 0.29) is 0 Å².